The van der Waals surface area contributed by atoms with Crippen LogP contribution in [-0.2, 0) is 20.0 Å². The van der Waals surface area contributed by atoms with Gasteiger partial charge in [-0.15, -0.1) is 37.7 Å². The molecule has 0 unspecified atom stereocenters. The van der Waals surface area contributed by atoms with Crippen molar-refractivity contribution < 1.29 is 52.7 Å². The van der Waals surface area contributed by atoms with E-state index in [1.54, 1.807) is 0 Å². The Morgan fingerprint density at radius 1 is 0.578 bits per heavy atom. The van der Waals surface area contributed by atoms with Crippen LogP contribution in [0.5, 0.6) is 11.5 Å². The van der Waals surface area contributed by atoms with E-state index in [2.05, 4.69) is 18.9 Å². The molecule has 0 atom stereocenters. The molecule has 0 saturated carbocycles. The topological polar surface area (TPSA) is 111 Å². The van der Waals surface area contributed by atoms with E-state index < -0.39 is 54.1 Å². The largest absolute Gasteiger partial charge is 0.573 e. The molecule has 17 heteroatoms. The number of sulfonamides is 2. The number of alkyl halides is 6. The molecule has 0 aliphatic heterocycles. The minimum atomic E-state index is -5.00. The van der Waals surface area contributed by atoms with Crippen LogP contribution in [0.3, 0.4) is 0 Å². The molecule has 1 aromatic heterocycles. The number of rotatable bonds is 9. The molecule has 236 valence electrons. The first-order valence-corrected chi connectivity index (χ1v) is 16.2. The molecule has 0 aliphatic rings. The van der Waals surface area contributed by atoms with Gasteiger partial charge in [0, 0.05) is 9.58 Å². The van der Waals surface area contributed by atoms with Crippen molar-refractivity contribution in [3.8, 4) is 21.9 Å². The predicted octanol–water partition coefficient (Wildman–Crippen LogP) is 7.97. The maximum Gasteiger partial charge on any atom is 0.573 e. The monoisotopic (exact) mass is 688 g/mol. The molecule has 5 aromatic rings. The maximum absolute atomic E-state index is 13.3. The van der Waals surface area contributed by atoms with Crippen LogP contribution in [0, 0.1) is 0 Å². The average molecular weight is 689 g/mol. The van der Waals surface area contributed by atoms with Crippen LogP contribution in [0.25, 0.3) is 20.5 Å². The van der Waals surface area contributed by atoms with E-state index in [1.165, 1.54) is 29.5 Å². The molecule has 0 saturated heterocycles. The van der Waals surface area contributed by atoms with Gasteiger partial charge in [0.2, 0.25) is 0 Å². The van der Waals surface area contributed by atoms with E-state index in [4.69, 9.17) is 0 Å². The summed E-state index contributed by atoms with van der Waals surface area (Å²) in [5.74, 6) is -1.32. The van der Waals surface area contributed by atoms with Gasteiger partial charge in [-0.3, -0.25) is 9.44 Å². The fourth-order valence-electron chi connectivity index (χ4n) is 4.04. The summed E-state index contributed by atoms with van der Waals surface area (Å²) in [5.41, 5.74) is -0.00308. The lowest BCUT2D eigenvalue weighted by Crippen LogP contribution is -2.19. The van der Waals surface area contributed by atoms with E-state index in [1.807, 2.05) is 30.3 Å². The summed E-state index contributed by atoms with van der Waals surface area (Å²) in [6.07, 6.45) is -9.99. The smallest absolute Gasteiger partial charge is 0.406 e. The SMILES string of the molecule is O=S(=O)(Nc1ccc(-c2cc3ccccc3s2)cc1NS(=O)(=O)c1ccc(OC(F)(F)F)cc1)c1ccc(OC(F)(F)F)cc1. The van der Waals surface area contributed by atoms with Gasteiger partial charge in [-0.25, -0.2) is 16.8 Å². The highest BCUT2D eigenvalue weighted by Gasteiger charge is 2.32. The van der Waals surface area contributed by atoms with Gasteiger partial charge in [-0.05, 0) is 83.7 Å². The number of hydrogen-bond acceptors (Lipinski definition) is 7. The quantitative estimate of drug-likeness (QED) is 0.152. The molecule has 0 fully saturated rings. The molecule has 5 rings (SSSR count). The van der Waals surface area contributed by atoms with Gasteiger partial charge in [-0.2, -0.15) is 0 Å². The van der Waals surface area contributed by atoms with E-state index in [0.29, 0.717) is 10.4 Å². The highest BCUT2D eigenvalue weighted by molar-refractivity contribution is 7.93. The molecule has 45 heavy (non-hydrogen) atoms. The Morgan fingerprint density at radius 3 is 1.56 bits per heavy atom. The lowest BCUT2D eigenvalue weighted by molar-refractivity contribution is -0.275. The lowest BCUT2D eigenvalue weighted by Gasteiger charge is -2.16. The molecular formula is C28H18F6N2O6S3. The highest BCUT2D eigenvalue weighted by Crippen LogP contribution is 2.38. The number of nitrogens with one attached hydrogen (secondary N) is 2. The average Bonchev–Trinajstić information content (AvgIpc) is 3.37. The van der Waals surface area contributed by atoms with Crippen molar-refractivity contribution in [1.29, 1.82) is 0 Å². The summed E-state index contributed by atoms with van der Waals surface area (Å²) in [6, 6.07) is 20.1. The second-order valence-corrected chi connectivity index (χ2v) is 13.6. The van der Waals surface area contributed by atoms with Crippen LogP contribution in [-0.4, -0.2) is 29.6 Å². The van der Waals surface area contributed by atoms with Gasteiger partial charge >= 0.3 is 12.7 Å². The third kappa shape index (κ3) is 7.98. The first kappa shape index (κ1) is 31.9. The zero-order valence-electron chi connectivity index (χ0n) is 22.2. The zero-order valence-corrected chi connectivity index (χ0v) is 24.6. The summed E-state index contributed by atoms with van der Waals surface area (Å²) in [5, 5.41) is 0.906. The molecule has 0 radical (unpaired) electrons. The molecule has 2 N–H and O–H groups in total. The third-order valence-electron chi connectivity index (χ3n) is 5.95. The summed E-state index contributed by atoms with van der Waals surface area (Å²) in [4.78, 5) is -0.210. The molecule has 4 aromatic carbocycles. The van der Waals surface area contributed by atoms with E-state index in [9.17, 15) is 43.2 Å². The third-order valence-corrected chi connectivity index (χ3v) is 9.88. The van der Waals surface area contributed by atoms with Crippen molar-refractivity contribution in [3.05, 3.63) is 97.1 Å². The number of halogens is 6. The van der Waals surface area contributed by atoms with Gasteiger partial charge in [0.15, 0.2) is 0 Å². The molecule has 8 nitrogen and oxygen atoms in total. The number of anilines is 2. The summed E-state index contributed by atoms with van der Waals surface area (Å²) < 4.78 is 141. The Hall–Kier alpha value is -4.48. The normalized spacial score (nSPS) is 12.6. The lowest BCUT2D eigenvalue weighted by atomic mass is 10.1. The highest BCUT2D eigenvalue weighted by atomic mass is 32.2. The van der Waals surface area contributed by atoms with Gasteiger partial charge in [-0.1, -0.05) is 24.3 Å². The van der Waals surface area contributed by atoms with Crippen molar-refractivity contribution in [2.45, 2.75) is 22.5 Å². The number of benzene rings is 4. The molecule has 0 amide bonds. The van der Waals surface area contributed by atoms with Gasteiger partial charge in [0.1, 0.15) is 11.5 Å². The summed E-state index contributed by atoms with van der Waals surface area (Å²) in [6.45, 7) is 0. The number of hydrogen-bond donors (Lipinski definition) is 2. The van der Waals surface area contributed by atoms with Crippen molar-refractivity contribution >= 4 is 52.8 Å². The maximum atomic E-state index is 13.3. The number of fused-ring (bicyclic) bond motifs is 1. The zero-order chi connectivity index (χ0) is 32.6. The van der Waals surface area contributed by atoms with Gasteiger partial charge in [0.05, 0.1) is 21.2 Å². The van der Waals surface area contributed by atoms with Crippen LogP contribution in [0.15, 0.2) is 107 Å². The molecule has 1 heterocycles. The molecular weight excluding hydrogens is 671 g/mol. The minimum Gasteiger partial charge on any atom is -0.406 e. The Balaban J connectivity index is 1.50. The minimum absolute atomic E-state index is 0.249. The van der Waals surface area contributed by atoms with Crippen LogP contribution >= 0.6 is 11.3 Å². The first-order chi connectivity index (χ1) is 21.0. The standard InChI is InChI=1S/C28H18F6N2O6S3/c29-27(30,31)41-19-6-10-21(11-7-19)44(37,38)35-23-14-5-18(26-16-17-3-1-2-4-25(17)43-26)15-24(23)36-45(39,40)22-12-8-20(9-13-22)42-28(32,33)34/h1-16,35-36H. The first-order valence-electron chi connectivity index (χ1n) is 12.4. The fourth-order valence-corrected chi connectivity index (χ4v) is 7.25. The van der Waals surface area contributed by atoms with Crippen molar-refractivity contribution in [2.24, 2.45) is 0 Å². The number of ether oxygens (including phenoxy) is 2. The van der Waals surface area contributed by atoms with Crippen LogP contribution < -0.4 is 18.9 Å². The Labute approximate surface area is 255 Å². The number of thiophene rings is 1. The second-order valence-electron chi connectivity index (χ2n) is 9.16. The second kappa shape index (κ2) is 11.8. The van der Waals surface area contributed by atoms with Crippen molar-refractivity contribution in [3.63, 3.8) is 0 Å². The van der Waals surface area contributed by atoms with E-state index in [-0.39, 0.29) is 11.4 Å². The van der Waals surface area contributed by atoms with E-state index in [0.717, 1.165) is 58.6 Å². The molecule has 0 bridgehead atoms. The van der Waals surface area contributed by atoms with Crippen LogP contribution in [0.4, 0.5) is 37.7 Å². The fraction of sp³-hybridized carbons (Fsp3) is 0.0714. The van der Waals surface area contributed by atoms with Gasteiger partial charge < -0.3 is 9.47 Å². The van der Waals surface area contributed by atoms with E-state index >= 15 is 0 Å². The predicted molar refractivity (Wildman–Crippen MR) is 155 cm³/mol. The Bertz CT molecular complexity index is 2030. The van der Waals surface area contributed by atoms with Crippen molar-refractivity contribution in [2.75, 3.05) is 9.44 Å². The Morgan fingerprint density at radius 2 is 1.07 bits per heavy atom. The van der Waals surface area contributed by atoms with Crippen LogP contribution in [0.2, 0.25) is 0 Å². The van der Waals surface area contributed by atoms with Crippen molar-refractivity contribution in [1.82, 2.24) is 0 Å². The molecule has 0 aliphatic carbocycles. The summed E-state index contributed by atoms with van der Waals surface area (Å²) >= 11 is 1.39. The summed E-state index contributed by atoms with van der Waals surface area (Å²) in [7, 11) is -8.98. The van der Waals surface area contributed by atoms with Crippen LogP contribution in [0.1, 0.15) is 0 Å². The molecule has 0 spiro atoms. The Kier molecular flexibility index (Phi) is 8.37. The van der Waals surface area contributed by atoms with Gasteiger partial charge in [0.25, 0.3) is 20.0 Å².